The maximum Gasteiger partial charge on any atom is 0.171 e. The van der Waals surface area contributed by atoms with Gasteiger partial charge in [0.25, 0.3) is 0 Å². The Morgan fingerprint density at radius 3 is 2.29 bits per heavy atom. The van der Waals surface area contributed by atoms with Crippen molar-refractivity contribution in [1.29, 1.82) is 0 Å². The van der Waals surface area contributed by atoms with Crippen LogP contribution in [0, 0.1) is 0 Å². The van der Waals surface area contributed by atoms with Crippen LogP contribution in [0.15, 0.2) is 89.5 Å². The van der Waals surface area contributed by atoms with E-state index in [1.807, 2.05) is 66.7 Å². The number of Topliss-reactive ketones (excluding diaryl/α,β-unsaturated/α-hetero) is 1. The van der Waals surface area contributed by atoms with Crippen LogP contribution in [0.1, 0.15) is 23.6 Å². The highest BCUT2D eigenvalue weighted by atomic mass is 35.5. The maximum atomic E-state index is 12.9. The highest BCUT2D eigenvalue weighted by Crippen LogP contribution is 2.44. The first-order valence-corrected chi connectivity index (χ1v) is 11.5. The van der Waals surface area contributed by atoms with Gasteiger partial charge in [-0.05, 0) is 35.4 Å². The largest absolute Gasteiger partial charge is 0.328 e. The summed E-state index contributed by atoms with van der Waals surface area (Å²) < 4.78 is 0. The average molecular weight is 468 g/mol. The highest BCUT2D eigenvalue weighted by molar-refractivity contribution is 8.02. The number of anilines is 1. The van der Waals surface area contributed by atoms with E-state index in [2.05, 4.69) is 4.90 Å². The van der Waals surface area contributed by atoms with Crippen LogP contribution in [0.4, 0.5) is 5.69 Å². The van der Waals surface area contributed by atoms with Crippen LogP contribution in [0.3, 0.4) is 0 Å². The number of ketones is 1. The molecule has 1 heterocycles. The minimum Gasteiger partial charge on any atom is -0.328 e. The molecule has 0 saturated carbocycles. The molecule has 1 atom stereocenters. The summed E-state index contributed by atoms with van der Waals surface area (Å²) in [6.45, 7) is 0. The van der Waals surface area contributed by atoms with Crippen LogP contribution >= 0.6 is 35.0 Å². The van der Waals surface area contributed by atoms with Gasteiger partial charge in [0, 0.05) is 27.9 Å². The summed E-state index contributed by atoms with van der Waals surface area (Å²) in [7, 11) is 0. The number of halogens is 2. The molecule has 3 nitrogen and oxygen atoms in total. The maximum absolute atomic E-state index is 12.9. The number of aldehydes is 1. The zero-order chi connectivity index (χ0) is 21.8. The molecule has 0 fully saturated rings. The molecular weight excluding hydrogens is 449 g/mol. The minimum atomic E-state index is -0.206. The van der Waals surface area contributed by atoms with Crippen LogP contribution in [-0.2, 0) is 15.3 Å². The number of allylic oxidation sites excluding steroid dienone is 1. The number of rotatable bonds is 6. The molecule has 0 bridgehead atoms. The van der Waals surface area contributed by atoms with Gasteiger partial charge in [0.2, 0.25) is 0 Å². The standard InChI is InChI=1S/C25H19Cl2NO2S/c26-19-12-11-18(22(27)13-19)16-31-25-21(15-29)24(30)14-23(17-7-3-1-4-8-17)28(25)20-9-5-2-6-10-20/h1-13,15,23H,14,16H2. The third kappa shape index (κ3) is 4.72. The first kappa shape index (κ1) is 21.7. The van der Waals surface area contributed by atoms with Crippen molar-refractivity contribution in [1.82, 2.24) is 0 Å². The summed E-state index contributed by atoms with van der Waals surface area (Å²) in [4.78, 5) is 27.0. The molecule has 0 saturated heterocycles. The minimum absolute atomic E-state index is 0.152. The van der Waals surface area contributed by atoms with E-state index < -0.39 is 0 Å². The fraction of sp³-hybridized carbons (Fsp3) is 0.120. The van der Waals surface area contributed by atoms with Gasteiger partial charge in [0.05, 0.1) is 16.6 Å². The predicted octanol–water partition coefficient (Wildman–Crippen LogP) is 6.86. The molecule has 31 heavy (non-hydrogen) atoms. The molecule has 0 spiro atoms. The monoisotopic (exact) mass is 467 g/mol. The van der Waals surface area contributed by atoms with Crippen molar-refractivity contribution >= 4 is 52.7 Å². The molecule has 3 aromatic rings. The molecule has 6 heteroatoms. The number of para-hydroxylation sites is 1. The summed E-state index contributed by atoms with van der Waals surface area (Å²) in [5, 5.41) is 1.76. The Balaban J connectivity index is 1.78. The van der Waals surface area contributed by atoms with Gasteiger partial charge in [-0.3, -0.25) is 9.59 Å². The second-order valence-corrected chi connectivity index (χ2v) is 8.93. The van der Waals surface area contributed by atoms with E-state index in [-0.39, 0.29) is 23.8 Å². The molecule has 0 N–H and O–H groups in total. The van der Waals surface area contributed by atoms with Crippen molar-refractivity contribution in [3.8, 4) is 0 Å². The van der Waals surface area contributed by atoms with Crippen molar-refractivity contribution < 1.29 is 9.59 Å². The van der Waals surface area contributed by atoms with Crippen molar-refractivity contribution in [2.24, 2.45) is 0 Å². The molecule has 4 rings (SSSR count). The van der Waals surface area contributed by atoms with Crippen LogP contribution in [0.25, 0.3) is 0 Å². The van der Waals surface area contributed by atoms with E-state index in [0.29, 0.717) is 27.1 Å². The molecular formula is C25H19Cl2NO2S. The molecule has 0 radical (unpaired) electrons. The van der Waals surface area contributed by atoms with Gasteiger partial charge in [0.1, 0.15) is 0 Å². The molecule has 1 aliphatic heterocycles. The Kier molecular flexibility index (Phi) is 6.81. The van der Waals surface area contributed by atoms with Gasteiger partial charge in [-0.1, -0.05) is 77.8 Å². The smallest absolute Gasteiger partial charge is 0.171 e. The number of benzene rings is 3. The summed E-state index contributed by atoms with van der Waals surface area (Å²) in [6.07, 6.45) is 0.907. The van der Waals surface area contributed by atoms with E-state index in [9.17, 15) is 9.59 Å². The zero-order valence-electron chi connectivity index (χ0n) is 16.5. The van der Waals surface area contributed by atoms with E-state index in [0.717, 1.165) is 16.8 Å². The summed E-state index contributed by atoms with van der Waals surface area (Å²) in [5.41, 5.74) is 3.03. The fourth-order valence-corrected chi connectivity index (χ4v) is 5.43. The third-order valence-corrected chi connectivity index (χ3v) is 6.89. The quantitative estimate of drug-likeness (QED) is 0.293. The van der Waals surface area contributed by atoms with E-state index in [4.69, 9.17) is 23.2 Å². The Morgan fingerprint density at radius 2 is 1.65 bits per heavy atom. The normalized spacial score (nSPS) is 16.5. The van der Waals surface area contributed by atoms with Crippen LogP contribution in [0.5, 0.6) is 0 Å². The number of carbonyl (C=O) groups is 2. The number of hydrogen-bond donors (Lipinski definition) is 0. The Bertz CT molecular complexity index is 1130. The number of carbonyl (C=O) groups excluding carboxylic acids is 2. The van der Waals surface area contributed by atoms with Crippen LogP contribution in [-0.4, -0.2) is 12.1 Å². The van der Waals surface area contributed by atoms with Crippen molar-refractivity contribution in [2.45, 2.75) is 18.2 Å². The third-order valence-electron chi connectivity index (χ3n) is 5.16. The summed E-state index contributed by atoms with van der Waals surface area (Å²) in [6, 6.07) is 24.9. The lowest BCUT2D eigenvalue weighted by atomic mass is 9.93. The van der Waals surface area contributed by atoms with Gasteiger partial charge in [-0.2, -0.15) is 0 Å². The molecule has 3 aromatic carbocycles. The summed E-state index contributed by atoms with van der Waals surface area (Å²) >= 11 is 13.8. The molecule has 0 aliphatic carbocycles. The number of hydrogen-bond acceptors (Lipinski definition) is 4. The molecule has 1 aliphatic rings. The van der Waals surface area contributed by atoms with E-state index in [1.54, 1.807) is 12.1 Å². The second kappa shape index (κ2) is 9.73. The predicted molar refractivity (Wildman–Crippen MR) is 129 cm³/mol. The number of thioether (sulfide) groups is 1. The molecule has 1 unspecified atom stereocenters. The van der Waals surface area contributed by atoms with Gasteiger partial charge in [0.15, 0.2) is 12.1 Å². The first-order valence-electron chi connectivity index (χ1n) is 9.77. The van der Waals surface area contributed by atoms with Gasteiger partial charge < -0.3 is 4.90 Å². The highest BCUT2D eigenvalue weighted by Gasteiger charge is 2.35. The zero-order valence-corrected chi connectivity index (χ0v) is 18.8. The lowest BCUT2D eigenvalue weighted by Crippen LogP contribution is -2.35. The van der Waals surface area contributed by atoms with Crippen molar-refractivity contribution in [3.63, 3.8) is 0 Å². The summed E-state index contributed by atoms with van der Waals surface area (Å²) in [5.74, 6) is 0.349. The molecule has 156 valence electrons. The number of nitrogens with zero attached hydrogens (tertiary/aromatic N) is 1. The Morgan fingerprint density at radius 1 is 0.968 bits per heavy atom. The van der Waals surface area contributed by atoms with Crippen molar-refractivity contribution in [3.05, 3.63) is 111 Å². The van der Waals surface area contributed by atoms with Gasteiger partial charge >= 0.3 is 0 Å². The molecule has 0 amide bonds. The van der Waals surface area contributed by atoms with Crippen molar-refractivity contribution in [2.75, 3.05) is 4.90 Å². The van der Waals surface area contributed by atoms with Gasteiger partial charge in [-0.25, -0.2) is 0 Å². The van der Waals surface area contributed by atoms with Crippen LogP contribution in [0.2, 0.25) is 10.0 Å². The van der Waals surface area contributed by atoms with E-state index in [1.165, 1.54) is 11.8 Å². The van der Waals surface area contributed by atoms with Crippen LogP contribution < -0.4 is 4.90 Å². The lowest BCUT2D eigenvalue weighted by Gasteiger charge is -2.39. The lowest BCUT2D eigenvalue weighted by molar-refractivity contribution is -0.118. The fourth-order valence-electron chi connectivity index (χ4n) is 3.64. The van der Waals surface area contributed by atoms with Gasteiger partial charge in [-0.15, -0.1) is 11.8 Å². The molecule has 0 aromatic heterocycles. The Hall–Kier alpha value is -2.53. The SMILES string of the molecule is O=CC1=C(SCc2ccc(Cl)cc2Cl)N(c2ccccc2)C(c2ccccc2)CC1=O. The Labute approximate surface area is 195 Å². The second-order valence-electron chi connectivity index (χ2n) is 7.12. The first-order chi connectivity index (χ1) is 15.1. The average Bonchev–Trinajstić information content (AvgIpc) is 2.79. The van der Waals surface area contributed by atoms with E-state index >= 15 is 0 Å². The topological polar surface area (TPSA) is 37.4 Å².